The molecule has 1 aromatic rings. The normalized spacial score (nSPS) is 33.6. The molecule has 4 heterocycles. The average Bonchev–Trinajstić information content (AvgIpc) is 3.14. The standard InChI is InChI=1S/C28H34N2O5S/c1-18-9-10-19(2)20(17-18)29-14-8-12-28-21(22-26(34)35-16-7-4-11-27(22,3)36-28)24(32)30(13-5-6-15-31)23(28)25(29)33/h4,8-12,17,21-23,31H,5-7,13-16H2,1-3H3/t21-,22-,23?,27+,28-/m0/s1. The van der Waals surface area contributed by atoms with Crippen LogP contribution in [0, 0.1) is 25.7 Å². The van der Waals surface area contributed by atoms with E-state index in [1.165, 1.54) is 0 Å². The number of unbranched alkanes of at least 4 members (excludes halogenated alkanes) is 1. The summed E-state index contributed by atoms with van der Waals surface area (Å²) >= 11 is 1.56. The molecule has 2 amide bonds. The monoisotopic (exact) mass is 510 g/mol. The molecule has 5 rings (SSSR count). The summed E-state index contributed by atoms with van der Waals surface area (Å²) < 4.78 is 4.04. The molecule has 4 aliphatic heterocycles. The van der Waals surface area contributed by atoms with Gasteiger partial charge in [-0.2, -0.15) is 0 Å². The molecule has 8 heteroatoms. The lowest BCUT2D eigenvalue weighted by atomic mass is 9.74. The van der Waals surface area contributed by atoms with Crippen LogP contribution in [-0.4, -0.2) is 69.6 Å². The van der Waals surface area contributed by atoms with Crippen LogP contribution in [0.2, 0.25) is 0 Å². The summed E-state index contributed by atoms with van der Waals surface area (Å²) in [4.78, 5) is 45.3. The lowest BCUT2D eigenvalue weighted by Gasteiger charge is -2.37. The highest BCUT2D eigenvalue weighted by atomic mass is 32.2. The number of amides is 2. The fourth-order valence-electron chi connectivity index (χ4n) is 6.35. The van der Waals surface area contributed by atoms with Crippen molar-refractivity contribution in [2.24, 2.45) is 11.8 Å². The number of anilines is 1. The van der Waals surface area contributed by atoms with E-state index in [1.54, 1.807) is 21.6 Å². The predicted molar refractivity (Wildman–Crippen MR) is 140 cm³/mol. The van der Waals surface area contributed by atoms with E-state index in [-0.39, 0.29) is 24.4 Å². The van der Waals surface area contributed by atoms with Gasteiger partial charge in [-0.25, -0.2) is 0 Å². The first-order valence-electron chi connectivity index (χ1n) is 12.8. The first kappa shape index (κ1) is 25.1. The van der Waals surface area contributed by atoms with Crippen molar-refractivity contribution >= 4 is 35.2 Å². The van der Waals surface area contributed by atoms with Crippen LogP contribution in [0.5, 0.6) is 0 Å². The minimum absolute atomic E-state index is 0.0241. The summed E-state index contributed by atoms with van der Waals surface area (Å²) in [7, 11) is 0. The van der Waals surface area contributed by atoms with Crippen LogP contribution in [0.25, 0.3) is 0 Å². The Balaban J connectivity index is 1.64. The molecule has 2 saturated heterocycles. The number of aliphatic hydroxyl groups is 1. The van der Waals surface area contributed by atoms with Crippen LogP contribution < -0.4 is 4.90 Å². The van der Waals surface area contributed by atoms with E-state index >= 15 is 0 Å². The average molecular weight is 511 g/mol. The van der Waals surface area contributed by atoms with Gasteiger partial charge in [-0.05, 0) is 57.2 Å². The van der Waals surface area contributed by atoms with Gasteiger partial charge >= 0.3 is 5.97 Å². The number of hydrogen-bond donors (Lipinski definition) is 1. The van der Waals surface area contributed by atoms with Crippen LogP contribution in [-0.2, 0) is 19.1 Å². The molecular weight excluding hydrogens is 476 g/mol. The maximum atomic E-state index is 14.4. The Labute approximate surface area is 216 Å². The Morgan fingerprint density at radius 1 is 1.08 bits per heavy atom. The second-order valence-electron chi connectivity index (χ2n) is 10.5. The minimum atomic E-state index is -0.882. The molecule has 0 saturated carbocycles. The number of likely N-dealkylation sites (tertiary alicyclic amines) is 1. The van der Waals surface area contributed by atoms with Crippen LogP contribution in [0.3, 0.4) is 0 Å². The molecule has 2 fully saturated rings. The van der Waals surface area contributed by atoms with Crippen molar-refractivity contribution < 1.29 is 24.2 Å². The van der Waals surface area contributed by atoms with Gasteiger partial charge in [0.1, 0.15) is 6.04 Å². The lowest BCUT2D eigenvalue weighted by Crippen LogP contribution is -2.53. The van der Waals surface area contributed by atoms with E-state index in [0.29, 0.717) is 39.0 Å². The molecule has 4 aliphatic rings. The van der Waals surface area contributed by atoms with Gasteiger partial charge in [0, 0.05) is 30.1 Å². The first-order valence-corrected chi connectivity index (χ1v) is 13.6. The third-order valence-electron chi connectivity index (χ3n) is 7.98. The van der Waals surface area contributed by atoms with Gasteiger partial charge in [0.25, 0.3) is 5.91 Å². The summed E-state index contributed by atoms with van der Waals surface area (Å²) in [5.41, 5.74) is 2.89. The van der Waals surface area contributed by atoms with Crippen molar-refractivity contribution in [1.82, 2.24) is 4.90 Å². The van der Waals surface area contributed by atoms with Gasteiger partial charge in [-0.3, -0.25) is 14.4 Å². The van der Waals surface area contributed by atoms with Crippen molar-refractivity contribution in [2.75, 3.05) is 31.2 Å². The van der Waals surface area contributed by atoms with Crippen molar-refractivity contribution in [1.29, 1.82) is 0 Å². The fourth-order valence-corrected chi connectivity index (χ4v) is 8.50. The molecule has 7 nitrogen and oxygen atoms in total. The SMILES string of the molecule is Cc1ccc(C)c(N2CC=C[C@]34S[C@]5(C)C=CCCOC(=O)[C@@H]5[C@H]3C(=O)N(CCCCO)C4C2=O)c1. The number of carbonyl (C=O) groups is 3. The van der Waals surface area contributed by atoms with Crippen LogP contribution in [0.4, 0.5) is 5.69 Å². The summed E-state index contributed by atoms with van der Waals surface area (Å²) in [6, 6.07) is 5.30. The molecule has 0 bridgehead atoms. The number of esters is 1. The highest BCUT2D eigenvalue weighted by Gasteiger charge is 2.73. The van der Waals surface area contributed by atoms with E-state index < -0.39 is 27.4 Å². The number of aryl methyl sites for hydroxylation is 2. The van der Waals surface area contributed by atoms with Gasteiger partial charge in [0.2, 0.25) is 5.91 Å². The van der Waals surface area contributed by atoms with Gasteiger partial charge in [0.15, 0.2) is 0 Å². The van der Waals surface area contributed by atoms with E-state index in [1.807, 2.05) is 63.3 Å². The van der Waals surface area contributed by atoms with E-state index in [4.69, 9.17) is 4.74 Å². The zero-order valence-corrected chi connectivity index (χ0v) is 21.9. The Morgan fingerprint density at radius 2 is 1.89 bits per heavy atom. The van der Waals surface area contributed by atoms with Crippen LogP contribution in [0.15, 0.2) is 42.5 Å². The number of carbonyl (C=O) groups excluding carboxylic acids is 3. The van der Waals surface area contributed by atoms with Gasteiger partial charge in [0.05, 0.1) is 23.2 Å². The Kier molecular flexibility index (Phi) is 6.53. The Hall–Kier alpha value is -2.58. The molecule has 1 N–H and O–H groups in total. The van der Waals surface area contributed by atoms with Gasteiger partial charge < -0.3 is 19.6 Å². The van der Waals surface area contributed by atoms with Crippen molar-refractivity contribution in [2.45, 2.75) is 55.6 Å². The zero-order chi connectivity index (χ0) is 25.7. The Morgan fingerprint density at radius 3 is 2.67 bits per heavy atom. The number of benzene rings is 1. The van der Waals surface area contributed by atoms with Crippen molar-refractivity contribution in [3.63, 3.8) is 0 Å². The van der Waals surface area contributed by atoms with Crippen molar-refractivity contribution in [3.05, 3.63) is 53.6 Å². The van der Waals surface area contributed by atoms with E-state index in [2.05, 4.69) is 0 Å². The molecule has 5 atom stereocenters. The van der Waals surface area contributed by atoms with Crippen LogP contribution in [0.1, 0.15) is 37.3 Å². The van der Waals surface area contributed by atoms with Gasteiger partial charge in [-0.15, -0.1) is 11.8 Å². The molecular formula is C28H34N2O5S. The molecule has 36 heavy (non-hydrogen) atoms. The summed E-state index contributed by atoms with van der Waals surface area (Å²) in [6.07, 6.45) is 9.83. The zero-order valence-electron chi connectivity index (χ0n) is 21.1. The minimum Gasteiger partial charge on any atom is -0.465 e. The number of ether oxygens (including phenoxy) is 1. The molecule has 1 unspecified atom stereocenters. The topological polar surface area (TPSA) is 87.2 Å². The van der Waals surface area contributed by atoms with Crippen molar-refractivity contribution in [3.8, 4) is 0 Å². The lowest BCUT2D eigenvalue weighted by molar-refractivity contribution is -0.154. The third kappa shape index (κ3) is 3.80. The summed E-state index contributed by atoms with van der Waals surface area (Å²) in [5.74, 6) is -2.04. The van der Waals surface area contributed by atoms with E-state index in [0.717, 1.165) is 16.8 Å². The van der Waals surface area contributed by atoms with Crippen LogP contribution >= 0.6 is 11.8 Å². The number of cyclic esters (lactones) is 1. The molecule has 1 aromatic carbocycles. The molecule has 0 radical (unpaired) electrons. The largest absolute Gasteiger partial charge is 0.465 e. The number of aliphatic hydroxyl groups excluding tert-OH is 1. The predicted octanol–water partition coefficient (Wildman–Crippen LogP) is 3.17. The highest BCUT2D eigenvalue weighted by molar-refractivity contribution is 8.02. The molecule has 0 aromatic heterocycles. The summed E-state index contributed by atoms with van der Waals surface area (Å²) in [5, 5.41) is 9.36. The third-order valence-corrected chi connectivity index (χ3v) is 9.78. The number of fused-ring (bicyclic) bond motifs is 2. The summed E-state index contributed by atoms with van der Waals surface area (Å²) in [6.45, 7) is 7.05. The molecule has 0 aliphatic carbocycles. The maximum Gasteiger partial charge on any atom is 0.311 e. The number of hydrogen-bond acceptors (Lipinski definition) is 6. The second kappa shape index (κ2) is 9.38. The Bertz CT molecular complexity index is 1150. The molecule has 1 spiro atoms. The second-order valence-corrected chi connectivity index (χ2v) is 12.3. The number of rotatable bonds is 5. The smallest absolute Gasteiger partial charge is 0.311 e. The molecule has 192 valence electrons. The quantitative estimate of drug-likeness (QED) is 0.372. The first-order chi connectivity index (χ1) is 17.2. The van der Waals surface area contributed by atoms with Gasteiger partial charge in [-0.1, -0.05) is 36.4 Å². The number of nitrogens with zero attached hydrogens (tertiary/aromatic N) is 2. The number of thioether (sulfide) groups is 1. The van der Waals surface area contributed by atoms with E-state index in [9.17, 15) is 19.5 Å². The maximum absolute atomic E-state index is 14.4. The highest BCUT2D eigenvalue weighted by Crippen LogP contribution is 2.65. The fraction of sp³-hybridized carbons (Fsp3) is 0.536.